The number of hydrogen-bond acceptors (Lipinski definition) is 5. The Kier molecular flexibility index (Phi) is 3.54. The van der Waals surface area contributed by atoms with E-state index < -0.39 is 34.8 Å². The third kappa shape index (κ3) is 2.27. The van der Waals surface area contributed by atoms with Crippen molar-refractivity contribution in [3.05, 3.63) is 23.8 Å². The molecule has 2 rings (SSSR count). The van der Waals surface area contributed by atoms with E-state index in [2.05, 4.69) is 5.32 Å². The van der Waals surface area contributed by atoms with Crippen LogP contribution in [0.15, 0.2) is 18.2 Å². The van der Waals surface area contributed by atoms with Crippen molar-refractivity contribution in [2.24, 2.45) is 5.41 Å². The summed E-state index contributed by atoms with van der Waals surface area (Å²) in [6, 6.07) is 3.27. The number of nitrogens with one attached hydrogen (secondary N) is 1. The molecule has 4 N–H and O–H groups in total. The molecule has 1 aliphatic heterocycles. The van der Waals surface area contributed by atoms with E-state index in [0.717, 1.165) is 0 Å². The standard InChI is InChI=1S/C13H15NO6/c1-13(12(18)19)6-20-5-9(13)14-11(17)7-3-2-4-8(15)10(7)16/h2-4,9,15-16H,5-6H2,1H3,(H,14,17)(H,18,19). The Bertz CT molecular complexity index is 558. The second kappa shape index (κ2) is 5.01. The van der Waals surface area contributed by atoms with Gasteiger partial charge in [-0.2, -0.15) is 0 Å². The molecule has 20 heavy (non-hydrogen) atoms. The van der Waals surface area contributed by atoms with Crippen LogP contribution in [0.3, 0.4) is 0 Å². The highest BCUT2D eigenvalue weighted by Crippen LogP contribution is 2.31. The van der Waals surface area contributed by atoms with Crippen LogP contribution in [0, 0.1) is 5.41 Å². The Hall–Kier alpha value is -2.28. The summed E-state index contributed by atoms with van der Waals surface area (Å²) in [5, 5.41) is 30.7. The van der Waals surface area contributed by atoms with Crippen molar-refractivity contribution >= 4 is 11.9 Å². The van der Waals surface area contributed by atoms with Gasteiger partial charge in [-0.25, -0.2) is 0 Å². The van der Waals surface area contributed by atoms with E-state index in [9.17, 15) is 24.9 Å². The zero-order chi connectivity index (χ0) is 14.9. The first-order chi connectivity index (χ1) is 9.36. The lowest BCUT2D eigenvalue weighted by molar-refractivity contribution is -0.148. The molecular formula is C13H15NO6. The minimum Gasteiger partial charge on any atom is -0.504 e. The monoisotopic (exact) mass is 281 g/mol. The van der Waals surface area contributed by atoms with Gasteiger partial charge in [-0.1, -0.05) is 6.07 Å². The van der Waals surface area contributed by atoms with E-state index >= 15 is 0 Å². The number of ether oxygens (including phenoxy) is 1. The number of phenolic OH excluding ortho intramolecular Hbond substituents is 2. The van der Waals surface area contributed by atoms with E-state index in [0.29, 0.717) is 0 Å². The second-order valence-corrected chi connectivity index (χ2v) is 4.94. The number of carbonyl (C=O) groups excluding carboxylic acids is 1. The van der Waals surface area contributed by atoms with Crippen molar-refractivity contribution in [2.45, 2.75) is 13.0 Å². The maximum Gasteiger partial charge on any atom is 0.313 e. The minimum atomic E-state index is -1.22. The average molecular weight is 281 g/mol. The Balaban J connectivity index is 2.20. The van der Waals surface area contributed by atoms with Gasteiger partial charge in [-0.15, -0.1) is 0 Å². The smallest absolute Gasteiger partial charge is 0.313 e. The van der Waals surface area contributed by atoms with Gasteiger partial charge in [0.2, 0.25) is 0 Å². The predicted molar refractivity (Wildman–Crippen MR) is 67.6 cm³/mol. The molecule has 1 aromatic carbocycles. The van der Waals surface area contributed by atoms with Crippen molar-refractivity contribution in [1.82, 2.24) is 5.32 Å². The fourth-order valence-corrected chi connectivity index (χ4v) is 2.04. The molecule has 2 atom stereocenters. The van der Waals surface area contributed by atoms with Gasteiger partial charge in [0, 0.05) is 0 Å². The Labute approximate surface area is 114 Å². The molecule has 7 heteroatoms. The highest BCUT2D eigenvalue weighted by atomic mass is 16.5. The van der Waals surface area contributed by atoms with Crippen LogP contribution in [-0.4, -0.2) is 46.5 Å². The number of aliphatic carboxylic acids is 1. The molecule has 0 spiro atoms. The number of hydrogen-bond donors (Lipinski definition) is 4. The molecule has 1 heterocycles. The number of carbonyl (C=O) groups is 2. The number of amides is 1. The lowest BCUT2D eigenvalue weighted by atomic mass is 9.85. The van der Waals surface area contributed by atoms with Gasteiger partial charge >= 0.3 is 5.97 Å². The molecule has 0 radical (unpaired) electrons. The van der Waals surface area contributed by atoms with Crippen molar-refractivity contribution in [2.75, 3.05) is 13.2 Å². The lowest BCUT2D eigenvalue weighted by Gasteiger charge is -2.25. The van der Waals surface area contributed by atoms with Crippen LogP contribution in [0.2, 0.25) is 0 Å². The average Bonchev–Trinajstić information content (AvgIpc) is 2.75. The Morgan fingerprint density at radius 3 is 2.75 bits per heavy atom. The SMILES string of the molecule is CC1(C(=O)O)COCC1NC(=O)c1cccc(O)c1O. The number of carboxylic acid groups (broad SMARTS) is 1. The molecule has 1 aromatic rings. The van der Waals surface area contributed by atoms with Gasteiger partial charge in [-0.05, 0) is 19.1 Å². The molecule has 1 amide bonds. The zero-order valence-electron chi connectivity index (χ0n) is 10.8. The maximum absolute atomic E-state index is 12.1. The van der Waals surface area contributed by atoms with Gasteiger partial charge in [-0.3, -0.25) is 9.59 Å². The number of carboxylic acids is 1. The summed E-state index contributed by atoms with van der Waals surface area (Å²) < 4.78 is 5.12. The first-order valence-corrected chi connectivity index (χ1v) is 5.99. The number of aromatic hydroxyl groups is 2. The molecule has 0 saturated carbocycles. The molecule has 1 saturated heterocycles. The number of para-hydroxylation sites is 1. The third-order valence-electron chi connectivity index (χ3n) is 3.51. The summed E-state index contributed by atoms with van der Waals surface area (Å²) in [5.41, 5.74) is -1.34. The summed E-state index contributed by atoms with van der Waals surface area (Å²) in [5.74, 6) is -2.69. The van der Waals surface area contributed by atoms with Gasteiger partial charge in [0.1, 0.15) is 5.41 Å². The largest absolute Gasteiger partial charge is 0.504 e. The highest BCUT2D eigenvalue weighted by Gasteiger charge is 2.47. The van der Waals surface area contributed by atoms with Crippen LogP contribution >= 0.6 is 0 Å². The molecule has 2 unspecified atom stereocenters. The predicted octanol–water partition coefficient (Wildman–Crippen LogP) is 0.317. The molecule has 7 nitrogen and oxygen atoms in total. The number of rotatable bonds is 3. The number of phenols is 2. The zero-order valence-corrected chi connectivity index (χ0v) is 10.8. The van der Waals surface area contributed by atoms with Crippen molar-refractivity contribution < 1.29 is 29.6 Å². The van der Waals surface area contributed by atoms with Gasteiger partial charge in [0.05, 0.1) is 24.8 Å². The summed E-state index contributed by atoms with van der Waals surface area (Å²) in [6.07, 6.45) is 0. The van der Waals surface area contributed by atoms with Crippen molar-refractivity contribution in [3.63, 3.8) is 0 Å². The topological polar surface area (TPSA) is 116 Å². The van der Waals surface area contributed by atoms with Crippen LogP contribution in [0.4, 0.5) is 0 Å². The molecule has 108 valence electrons. The summed E-state index contributed by atoms with van der Waals surface area (Å²) in [6.45, 7) is 1.56. The third-order valence-corrected chi connectivity index (χ3v) is 3.51. The van der Waals surface area contributed by atoms with E-state index in [-0.39, 0.29) is 18.8 Å². The number of benzene rings is 1. The van der Waals surface area contributed by atoms with E-state index in [1.54, 1.807) is 0 Å². The van der Waals surface area contributed by atoms with Crippen LogP contribution < -0.4 is 5.32 Å². The van der Waals surface area contributed by atoms with E-state index in [1.165, 1.54) is 25.1 Å². The lowest BCUT2D eigenvalue weighted by Crippen LogP contribution is -2.49. The first kappa shape index (κ1) is 14.1. The quantitative estimate of drug-likeness (QED) is 0.593. The Morgan fingerprint density at radius 2 is 2.10 bits per heavy atom. The van der Waals surface area contributed by atoms with E-state index in [1.807, 2.05) is 0 Å². The molecule has 1 aliphatic rings. The van der Waals surface area contributed by atoms with E-state index in [4.69, 9.17) is 4.74 Å². The normalized spacial score (nSPS) is 25.4. The summed E-state index contributed by atoms with van der Waals surface area (Å²) >= 11 is 0. The molecule has 0 bridgehead atoms. The fraction of sp³-hybridized carbons (Fsp3) is 0.385. The van der Waals surface area contributed by atoms with Crippen LogP contribution in [0.25, 0.3) is 0 Å². The second-order valence-electron chi connectivity index (χ2n) is 4.94. The first-order valence-electron chi connectivity index (χ1n) is 5.99. The van der Waals surface area contributed by atoms with Gasteiger partial charge in [0.15, 0.2) is 11.5 Å². The van der Waals surface area contributed by atoms with Gasteiger partial charge < -0.3 is 25.4 Å². The minimum absolute atomic E-state index is 0.000693. The molecule has 0 aliphatic carbocycles. The highest BCUT2D eigenvalue weighted by molar-refractivity contribution is 5.98. The van der Waals surface area contributed by atoms with Crippen molar-refractivity contribution in [1.29, 1.82) is 0 Å². The van der Waals surface area contributed by atoms with Gasteiger partial charge in [0.25, 0.3) is 5.91 Å². The van der Waals surface area contributed by atoms with Crippen LogP contribution in [-0.2, 0) is 9.53 Å². The molecular weight excluding hydrogens is 266 g/mol. The van der Waals surface area contributed by atoms with Crippen LogP contribution in [0.1, 0.15) is 17.3 Å². The Morgan fingerprint density at radius 1 is 1.40 bits per heavy atom. The maximum atomic E-state index is 12.1. The van der Waals surface area contributed by atoms with Crippen LogP contribution in [0.5, 0.6) is 11.5 Å². The summed E-state index contributed by atoms with van der Waals surface area (Å²) in [7, 11) is 0. The summed E-state index contributed by atoms with van der Waals surface area (Å²) in [4.78, 5) is 23.3. The molecule has 1 fully saturated rings. The molecule has 0 aromatic heterocycles. The van der Waals surface area contributed by atoms with Crippen molar-refractivity contribution in [3.8, 4) is 11.5 Å². The fourth-order valence-electron chi connectivity index (χ4n) is 2.04.